The number of aromatic nitrogens is 1. The van der Waals surface area contributed by atoms with E-state index in [1.54, 1.807) is 18.2 Å². The van der Waals surface area contributed by atoms with E-state index in [0.717, 1.165) is 53.1 Å². The van der Waals surface area contributed by atoms with Gasteiger partial charge in [-0.2, -0.15) is 0 Å². The van der Waals surface area contributed by atoms with Gasteiger partial charge in [-0.25, -0.2) is 0 Å². The van der Waals surface area contributed by atoms with Crippen LogP contribution >= 0.6 is 0 Å². The highest BCUT2D eigenvalue weighted by atomic mass is 16.5. The van der Waals surface area contributed by atoms with Crippen molar-refractivity contribution in [1.29, 1.82) is 0 Å². The number of hydrogen-bond acceptors (Lipinski definition) is 4. The van der Waals surface area contributed by atoms with Crippen molar-refractivity contribution in [3.63, 3.8) is 0 Å². The van der Waals surface area contributed by atoms with E-state index in [1.165, 1.54) is 44.3 Å². The van der Waals surface area contributed by atoms with E-state index in [1.807, 2.05) is 24.3 Å². The topological polar surface area (TPSA) is 57.9 Å². The zero-order chi connectivity index (χ0) is 24.9. The standard InChI is InChI=1S/C31H36N2O3/c1-23-29-21-27(35)14-16-30(29)33(31(23)25-10-12-26(34)13-11-25)22-24-7-6-8-28(15-9-24)36-20-19-32-17-4-2-3-5-18-32/h6-7,9-16,21,34-35H,2-5,8,17-20,22H2,1H3. The lowest BCUT2D eigenvalue weighted by Crippen LogP contribution is -2.28. The quantitative estimate of drug-likeness (QED) is 0.392. The predicted octanol–water partition coefficient (Wildman–Crippen LogP) is 6.69. The molecule has 2 aromatic carbocycles. The minimum absolute atomic E-state index is 0.250. The molecule has 1 fully saturated rings. The van der Waals surface area contributed by atoms with Crippen molar-refractivity contribution in [2.45, 2.75) is 45.6 Å². The Morgan fingerprint density at radius 1 is 0.889 bits per heavy atom. The third-order valence-corrected chi connectivity index (χ3v) is 7.31. The van der Waals surface area contributed by atoms with Crippen molar-refractivity contribution in [3.8, 4) is 22.8 Å². The average molecular weight is 485 g/mol. The molecule has 1 aliphatic carbocycles. The molecule has 1 saturated heterocycles. The number of likely N-dealkylation sites (tertiary alicyclic amines) is 1. The Morgan fingerprint density at radius 2 is 1.64 bits per heavy atom. The highest BCUT2D eigenvalue weighted by Crippen LogP contribution is 2.36. The minimum Gasteiger partial charge on any atom is -0.508 e. The number of ether oxygens (including phenoxy) is 1. The summed E-state index contributed by atoms with van der Waals surface area (Å²) in [6.45, 7) is 6.90. The highest BCUT2D eigenvalue weighted by molar-refractivity contribution is 5.92. The van der Waals surface area contributed by atoms with Gasteiger partial charge in [-0.15, -0.1) is 0 Å². The molecule has 0 spiro atoms. The van der Waals surface area contributed by atoms with Crippen LogP contribution in [-0.2, 0) is 11.3 Å². The minimum atomic E-state index is 0.250. The molecule has 5 nitrogen and oxygen atoms in total. The maximum Gasteiger partial charge on any atom is 0.116 e. The molecule has 1 aromatic heterocycles. The van der Waals surface area contributed by atoms with Crippen LogP contribution in [0.5, 0.6) is 11.5 Å². The lowest BCUT2D eigenvalue weighted by molar-refractivity contribution is 0.157. The first-order valence-corrected chi connectivity index (χ1v) is 13.1. The van der Waals surface area contributed by atoms with Crippen molar-refractivity contribution in [1.82, 2.24) is 9.47 Å². The molecule has 2 aliphatic rings. The number of hydrogen-bond donors (Lipinski definition) is 2. The van der Waals surface area contributed by atoms with Crippen molar-refractivity contribution >= 4 is 10.9 Å². The van der Waals surface area contributed by atoms with Gasteiger partial charge in [-0.1, -0.05) is 31.1 Å². The normalized spacial score (nSPS) is 16.9. The Balaban J connectivity index is 1.37. The average Bonchev–Trinajstić information content (AvgIpc) is 3.13. The summed E-state index contributed by atoms with van der Waals surface area (Å²) in [5.74, 6) is 1.52. The summed E-state index contributed by atoms with van der Waals surface area (Å²) >= 11 is 0. The fourth-order valence-corrected chi connectivity index (χ4v) is 5.38. The molecule has 2 N–H and O–H groups in total. The Labute approximate surface area is 213 Å². The van der Waals surface area contributed by atoms with Gasteiger partial charge in [-0.3, -0.25) is 4.90 Å². The fraction of sp³-hybridized carbons (Fsp3) is 0.355. The van der Waals surface area contributed by atoms with Gasteiger partial charge >= 0.3 is 0 Å². The summed E-state index contributed by atoms with van der Waals surface area (Å²) in [7, 11) is 0. The molecular formula is C31H36N2O3. The molecule has 0 saturated carbocycles. The fourth-order valence-electron chi connectivity index (χ4n) is 5.38. The number of aryl methyl sites for hydroxylation is 1. The molecule has 1 aliphatic heterocycles. The van der Waals surface area contributed by atoms with E-state index in [4.69, 9.17) is 4.74 Å². The zero-order valence-electron chi connectivity index (χ0n) is 21.1. The van der Waals surface area contributed by atoms with Gasteiger partial charge in [0.2, 0.25) is 0 Å². The van der Waals surface area contributed by atoms with Gasteiger partial charge in [-0.05, 0) is 98.1 Å². The van der Waals surface area contributed by atoms with E-state index in [0.29, 0.717) is 6.54 Å². The van der Waals surface area contributed by atoms with Gasteiger partial charge < -0.3 is 19.5 Å². The Bertz CT molecular complexity index is 1290. The molecule has 2 heterocycles. The summed E-state index contributed by atoms with van der Waals surface area (Å²) in [4.78, 5) is 2.53. The molecule has 3 aromatic rings. The molecule has 0 unspecified atom stereocenters. The molecule has 0 bridgehead atoms. The van der Waals surface area contributed by atoms with E-state index < -0.39 is 0 Å². The first-order chi connectivity index (χ1) is 17.6. The van der Waals surface area contributed by atoms with Crippen molar-refractivity contribution in [3.05, 3.63) is 83.7 Å². The van der Waals surface area contributed by atoms with E-state index in [-0.39, 0.29) is 11.5 Å². The molecule has 36 heavy (non-hydrogen) atoms. The second-order valence-electron chi connectivity index (χ2n) is 9.89. The van der Waals surface area contributed by atoms with Crippen molar-refractivity contribution in [2.24, 2.45) is 0 Å². The number of aromatic hydroxyl groups is 2. The van der Waals surface area contributed by atoms with Crippen LogP contribution in [0, 0.1) is 6.92 Å². The van der Waals surface area contributed by atoms with Gasteiger partial charge in [0.15, 0.2) is 0 Å². The number of fused-ring (bicyclic) bond motifs is 1. The van der Waals surface area contributed by atoms with Crippen LogP contribution in [0.4, 0.5) is 0 Å². The van der Waals surface area contributed by atoms with Crippen LogP contribution in [0.3, 0.4) is 0 Å². The molecule has 0 atom stereocenters. The van der Waals surface area contributed by atoms with Crippen LogP contribution < -0.4 is 0 Å². The summed E-state index contributed by atoms with van der Waals surface area (Å²) in [5.41, 5.74) is 5.49. The number of benzene rings is 2. The van der Waals surface area contributed by atoms with Crippen LogP contribution in [0.25, 0.3) is 22.2 Å². The van der Waals surface area contributed by atoms with Crippen molar-refractivity contribution < 1.29 is 14.9 Å². The lowest BCUT2D eigenvalue weighted by Gasteiger charge is -2.20. The van der Waals surface area contributed by atoms with E-state index >= 15 is 0 Å². The van der Waals surface area contributed by atoms with Crippen LogP contribution in [-0.4, -0.2) is 45.9 Å². The van der Waals surface area contributed by atoms with Crippen LogP contribution in [0.2, 0.25) is 0 Å². The zero-order valence-corrected chi connectivity index (χ0v) is 21.1. The van der Waals surface area contributed by atoms with E-state index in [2.05, 4.69) is 40.7 Å². The summed E-state index contributed by atoms with van der Waals surface area (Å²) in [6, 6.07) is 12.9. The van der Waals surface area contributed by atoms with E-state index in [9.17, 15) is 10.2 Å². The Morgan fingerprint density at radius 3 is 2.42 bits per heavy atom. The number of nitrogens with zero attached hydrogens (tertiary/aromatic N) is 2. The van der Waals surface area contributed by atoms with Crippen molar-refractivity contribution in [2.75, 3.05) is 26.2 Å². The Kier molecular flexibility index (Phi) is 7.47. The second kappa shape index (κ2) is 11.1. The molecule has 188 valence electrons. The molecule has 5 rings (SSSR count). The largest absolute Gasteiger partial charge is 0.508 e. The summed E-state index contributed by atoms with van der Waals surface area (Å²) in [5, 5.41) is 21.0. The van der Waals surface area contributed by atoms with Gasteiger partial charge in [0.1, 0.15) is 18.1 Å². The maximum absolute atomic E-state index is 10.1. The molecule has 5 heteroatoms. The number of rotatable bonds is 7. The molecule has 0 radical (unpaired) electrons. The summed E-state index contributed by atoms with van der Waals surface area (Å²) < 4.78 is 8.46. The monoisotopic (exact) mass is 484 g/mol. The second-order valence-corrected chi connectivity index (χ2v) is 9.89. The number of phenols is 2. The number of phenolic OH excluding ortho intramolecular Hbond substituents is 2. The lowest BCUT2D eigenvalue weighted by atomic mass is 10.1. The van der Waals surface area contributed by atoms with Gasteiger partial charge in [0, 0.05) is 30.4 Å². The Hall–Kier alpha value is -3.44. The summed E-state index contributed by atoms with van der Waals surface area (Å²) in [6.07, 6.45) is 14.7. The van der Waals surface area contributed by atoms with Crippen LogP contribution in [0.1, 0.15) is 37.7 Å². The predicted molar refractivity (Wildman–Crippen MR) is 146 cm³/mol. The third kappa shape index (κ3) is 5.52. The van der Waals surface area contributed by atoms with Gasteiger partial charge in [0.05, 0.1) is 11.5 Å². The molecular weight excluding hydrogens is 448 g/mol. The first-order valence-electron chi connectivity index (χ1n) is 13.1. The highest BCUT2D eigenvalue weighted by Gasteiger charge is 2.17. The maximum atomic E-state index is 10.1. The SMILES string of the molecule is Cc1c(-c2ccc(O)cc2)n(CC2=CC=C(OCCN3CCCCCC3)CC=C2)c2ccc(O)cc12. The number of allylic oxidation sites excluding steroid dienone is 5. The molecule has 0 amide bonds. The van der Waals surface area contributed by atoms with Crippen LogP contribution in [0.15, 0.2) is 78.1 Å². The van der Waals surface area contributed by atoms with Gasteiger partial charge in [0.25, 0.3) is 0 Å². The third-order valence-electron chi connectivity index (χ3n) is 7.31. The first kappa shape index (κ1) is 24.3. The smallest absolute Gasteiger partial charge is 0.116 e.